The Morgan fingerprint density at radius 3 is 2.15 bits per heavy atom. The van der Waals surface area contributed by atoms with Gasteiger partial charge in [0.05, 0.1) is 5.56 Å². The number of hydrogen-bond donors (Lipinski definition) is 2. The molecule has 0 unspecified atom stereocenters. The highest BCUT2D eigenvalue weighted by atomic mass is 16.3. The maximum absolute atomic E-state index is 12.2. The van der Waals surface area contributed by atoms with Gasteiger partial charge < -0.3 is 10.4 Å². The highest BCUT2D eigenvalue weighted by Crippen LogP contribution is 2.25. The summed E-state index contributed by atoms with van der Waals surface area (Å²) in [7, 11) is 0. The molecule has 0 bridgehead atoms. The Morgan fingerprint density at radius 2 is 1.45 bits per heavy atom. The molecule has 0 heterocycles. The molecule has 0 fully saturated rings. The van der Waals surface area contributed by atoms with Crippen molar-refractivity contribution in [3.8, 4) is 5.75 Å². The van der Waals surface area contributed by atoms with E-state index in [1.165, 1.54) is 0 Å². The molecule has 3 aromatic carbocycles. The molecular formula is C17H13NO2. The van der Waals surface area contributed by atoms with Crippen molar-refractivity contribution in [1.29, 1.82) is 0 Å². The van der Waals surface area contributed by atoms with Crippen LogP contribution in [0.25, 0.3) is 10.8 Å². The molecule has 3 aromatic rings. The van der Waals surface area contributed by atoms with Crippen molar-refractivity contribution in [3.63, 3.8) is 0 Å². The number of fused-ring (bicyclic) bond motifs is 1. The molecule has 0 aromatic heterocycles. The van der Waals surface area contributed by atoms with Gasteiger partial charge >= 0.3 is 0 Å². The van der Waals surface area contributed by atoms with E-state index in [4.69, 9.17) is 0 Å². The molecule has 0 spiro atoms. The number of carbonyl (C=O) groups excluding carboxylic acids is 1. The molecule has 0 aliphatic rings. The van der Waals surface area contributed by atoms with E-state index in [1.54, 1.807) is 24.3 Å². The lowest BCUT2D eigenvalue weighted by molar-refractivity contribution is 0.102. The number of rotatable bonds is 2. The SMILES string of the molecule is O=C(Nc1ccccc1)c1cc2ccccc2cc1O. The number of carbonyl (C=O) groups is 1. The minimum atomic E-state index is -0.320. The zero-order valence-electron chi connectivity index (χ0n) is 10.7. The first-order valence-corrected chi connectivity index (χ1v) is 6.32. The summed E-state index contributed by atoms with van der Waals surface area (Å²) in [6.07, 6.45) is 0. The number of anilines is 1. The second-order valence-corrected chi connectivity index (χ2v) is 4.54. The topological polar surface area (TPSA) is 49.3 Å². The van der Waals surface area contributed by atoms with Crippen molar-refractivity contribution < 1.29 is 9.90 Å². The van der Waals surface area contributed by atoms with Crippen molar-refractivity contribution in [2.75, 3.05) is 5.32 Å². The van der Waals surface area contributed by atoms with E-state index in [9.17, 15) is 9.90 Å². The fraction of sp³-hybridized carbons (Fsp3) is 0. The zero-order chi connectivity index (χ0) is 13.9. The quantitative estimate of drug-likeness (QED) is 0.738. The largest absolute Gasteiger partial charge is 0.507 e. The van der Waals surface area contributed by atoms with Crippen LogP contribution in [0.5, 0.6) is 5.75 Å². The molecule has 0 aliphatic heterocycles. The highest BCUT2D eigenvalue weighted by Gasteiger charge is 2.12. The van der Waals surface area contributed by atoms with Crippen LogP contribution in [-0.4, -0.2) is 11.0 Å². The molecule has 3 heteroatoms. The van der Waals surface area contributed by atoms with E-state index < -0.39 is 0 Å². The van der Waals surface area contributed by atoms with Gasteiger partial charge in [0.2, 0.25) is 0 Å². The molecule has 0 saturated carbocycles. The van der Waals surface area contributed by atoms with Crippen LogP contribution < -0.4 is 5.32 Å². The Bertz CT molecular complexity index is 766. The molecular weight excluding hydrogens is 250 g/mol. The Balaban J connectivity index is 1.97. The first kappa shape index (κ1) is 12.2. The van der Waals surface area contributed by atoms with Crippen LogP contribution in [0.15, 0.2) is 66.7 Å². The van der Waals surface area contributed by atoms with Crippen LogP contribution in [0.4, 0.5) is 5.69 Å². The van der Waals surface area contributed by atoms with Gasteiger partial charge in [0, 0.05) is 5.69 Å². The van der Waals surface area contributed by atoms with E-state index in [0.29, 0.717) is 5.69 Å². The van der Waals surface area contributed by atoms with Crippen LogP contribution in [0, 0.1) is 0 Å². The van der Waals surface area contributed by atoms with Crippen LogP contribution in [-0.2, 0) is 0 Å². The number of aromatic hydroxyl groups is 1. The van der Waals surface area contributed by atoms with Gasteiger partial charge in [-0.2, -0.15) is 0 Å². The van der Waals surface area contributed by atoms with Crippen molar-refractivity contribution in [2.24, 2.45) is 0 Å². The van der Waals surface area contributed by atoms with E-state index in [-0.39, 0.29) is 17.2 Å². The third-order valence-electron chi connectivity index (χ3n) is 3.14. The van der Waals surface area contributed by atoms with Crippen molar-refractivity contribution in [3.05, 3.63) is 72.3 Å². The van der Waals surface area contributed by atoms with Crippen molar-refractivity contribution >= 4 is 22.4 Å². The summed E-state index contributed by atoms with van der Waals surface area (Å²) in [6, 6.07) is 20.1. The summed E-state index contributed by atoms with van der Waals surface area (Å²) in [5.41, 5.74) is 0.970. The third-order valence-corrected chi connectivity index (χ3v) is 3.14. The Hall–Kier alpha value is -2.81. The predicted molar refractivity (Wildman–Crippen MR) is 80.0 cm³/mol. The molecule has 0 saturated heterocycles. The average Bonchev–Trinajstić information content (AvgIpc) is 2.47. The van der Waals surface area contributed by atoms with Gasteiger partial charge in [-0.3, -0.25) is 4.79 Å². The van der Waals surface area contributed by atoms with Crippen LogP contribution in [0.3, 0.4) is 0 Å². The lowest BCUT2D eigenvalue weighted by atomic mass is 10.1. The summed E-state index contributed by atoms with van der Waals surface area (Å²) in [4.78, 5) is 12.2. The number of benzene rings is 3. The summed E-state index contributed by atoms with van der Waals surface area (Å²) in [5, 5.41) is 14.6. The average molecular weight is 263 g/mol. The number of hydrogen-bond acceptors (Lipinski definition) is 2. The number of amides is 1. The molecule has 0 radical (unpaired) electrons. The summed E-state index contributed by atoms with van der Waals surface area (Å²) >= 11 is 0. The van der Waals surface area contributed by atoms with E-state index in [0.717, 1.165) is 10.8 Å². The van der Waals surface area contributed by atoms with E-state index in [2.05, 4.69) is 5.32 Å². The fourth-order valence-electron chi connectivity index (χ4n) is 2.13. The molecule has 0 atom stereocenters. The van der Waals surface area contributed by atoms with E-state index in [1.807, 2.05) is 42.5 Å². The number of phenols is 1. The van der Waals surface area contributed by atoms with Gasteiger partial charge in [0.15, 0.2) is 0 Å². The molecule has 3 nitrogen and oxygen atoms in total. The lowest BCUT2D eigenvalue weighted by Crippen LogP contribution is -2.11. The summed E-state index contributed by atoms with van der Waals surface area (Å²) < 4.78 is 0. The maximum atomic E-state index is 12.2. The monoisotopic (exact) mass is 263 g/mol. The second-order valence-electron chi connectivity index (χ2n) is 4.54. The number of phenolic OH excluding ortho intramolecular Hbond substituents is 1. The molecule has 1 amide bonds. The van der Waals surface area contributed by atoms with Gasteiger partial charge in [-0.1, -0.05) is 42.5 Å². The minimum absolute atomic E-state index is 0.0165. The Kier molecular flexibility index (Phi) is 3.09. The zero-order valence-corrected chi connectivity index (χ0v) is 10.7. The second kappa shape index (κ2) is 5.05. The van der Waals surface area contributed by atoms with Gasteiger partial charge in [-0.15, -0.1) is 0 Å². The minimum Gasteiger partial charge on any atom is -0.507 e. The first-order valence-electron chi connectivity index (χ1n) is 6.32. The maximum Gasteiger partial charge on any atom is 0.259 e. The van der Waals surface area contributed by atoms with Gasteiger partial charge in [-0.25, -0.2) is 0 Å². The normalized spacial score (nSPS) is 10.4. The molecule has 0 aliphatic carbocycles. The number of nitrogens with one attached hydrogen (secondary N) is 1. The Morgan fingerprint density at radius 1 is 0.850 bits per heavy atom. The highest BCUT2D eigenvalue weighted by molar-refractivity contribution is 6.08. The third kappa shape index (κ3) is 2.34. The molecule has 20 heavy (non-hydrogen) atoms. The lowest BCUT2D eigenvalue weighted by Gasteiger charge is -2.08. The predicted octanol–water partition coefficient (Wildman–Crippen LogP) is 3.80. The van der Waals surface area contributed by atoms with Gasteiger partial charge in [-0.05, 0) is 35.0 Å². The van der Waals surface area contributed by atoms with Crippen LogP contribution in [0.1, 0.15) is 10.4 Å². The molecule has 98 valence electrons. The van der Waals surface area contributed by atoms with E-state index >= 15 is 0 Å². The van der Waals surface area contributed by atoms with Gasteiger partial charge in [0.25, 0.3) is 5.91 Å². The Labute approximate surface area is 116 Å². The number of para-hydroxylation sites is 1. The smallest absolute Gasteiger partial charge is 0.259 e. The summed E-state index contributed by atoms with van der Waals surface area (Å²) in [6.45, 7) is 0. The molecule has 2 N–H and O–H groups in total. The van der Waals surface area contributed by atoms with Crippen LogP contribution in [0.2, 0.25) is 0 Å². The fourth-order valence-corrected chi connectivity index (χ4v) is 2.13. The standard InChI is InChI=1S/C17H13NO2/c19-16-11-13-7-5-4-6-12(13)10-15(16)17(20)18-14-8-2-1-3-9-14/h1-11,19H,(H,18,20). The van der Waals surface area contributed by atoms with Crippen LogP contribution >= 0.6 is 0 Å². The first-order chi connectivity index (χ1) is 9.74. The molecule has 3 rings (SSSR count). The summed E-state index contributed by atoms with van der Waals surface area (Å²) in [5.74, 6) is -0.336. The van der Waals surface area contributed by atoms with Gasteiger partial charge in [0.1, 0.15) is 5.75 Å². The van der Waals surface area contributed by atoms with Crippen molar-refractivity contribution in [2.45, 2.75) is 0 Å². The van der Waals surface area contributed by atoms with Crippen molar-refractivity contribution in [1.82, 2.24) is 0 Å².